The van der Waals surface area contributed by atoms with Crippen molar-refractivity contribution in [3.05, 3.63) is 44.7 Å². The van der Waals surface area contributed by atoms with Gasteiger partial charge in [0.15, 0.2) is 11.7 Å². The van der Waals surface area contributed by atoms with Gasteiger partial charge in [-0.2, -0.15) is 0 Å². The predicted octanol–water partition coefficient (Wildman–Crippen LogP) is 3.25. The minimum atomic E-state index is -0.456. The minimum Gasteiger partial charge on any atom is -0.483 e. The molecule has 0 unspecified atom stereocenters. The summed E-state index contributed by atoms with van der Waals surface area (Å²) in [5, 5.41) is 6.63. The van der Waals surface area contributed by atoms with Crippen LogP contribution in [0.2, 0.25) is 0 Å². The molecule has 2 N–H and O–H groups in total. The highest BCUT2D eigenvalue weighted by atomic mass is 79.9. The van der Waals surface area contributed by atoms with Crippen LogP contribution < -0.4 is 15.4 Å². The summed E-state index contributed by atoms with van der Waals surface area (Å²) < 4.78 is 6.32. The molecule has 0 spiro atoms. The number of halogens is 1. The Labute approximate surface area is 159 Å². The van der Waals surface area contributed by atoms with Crippen LogP contribution in [0.5, 0.6) is 5.75 Å². The Kier molecular flexibility index (Phi) is 5.51. The number of nitrogens with zero attached hydrogens (tertiary/aromatic N) is 1. The van der Waals surface area contributed by atoms with Crippen molar-refractivity contribution in [2.45, 2.75) is 0 Å². The lowest BCUT2D eigenvalue weighted by Gasteiger charge is -2.10. The second kappa shape index (κ2) is 7.81. The molecule has 10 heteroatoms. The maximum Gasteiger partial charge on any atom is 0.290 e. The van der Waals surface area contributed by atoms with E-state index in [-0.39, 0.29) is 17.4 Å². The van der Waals surface area contributed by atoms with E-state index in [1.54, 1.807) is 35.9 Å². The monoisotopic (exact) mass is 439 g/mol. The second-order valence-corrected chi connectivity index (χ2v) is 7.53. The summed E-state index contributed by atoms with van der Waals surface area (Å²) >= 11 is 5.47. The van der Waals surface area contributed by atoms with Crippen LogP contribution in [0, 0.1) is 0 Å². The highest BCUT2D eigenvalue weighted by Crippen LogP contribution is 2.31. The van der Waals surface area contributed by atoms with E-state index in [0.29, 0.717) is 16.4 Å². The third-order valence-corrected chi connectivity index (χ3v) is 4.93. The molecule has 25 heavy (non-hydrogen) atoms. The molecule has 128 valence electrons. The average molecular weight is 440 g/mol. The van der Waals surface area contributed by atoms with Crippen LogP contribution in [-0.4, -0.2) is 28.6 Å². The van der Waals surface area contributed by atoms with E-state index in [4.69, 9.17) is 4.74 Å². The minimum absolute atomic E-state index is 0.213. The van der Waals surface area contributed by atoms with E-state index >= 15 is 0 Å². The van der Waals surface area contributed by atoms with E-state index < -0.39 is 11.1 Å². The normalized spacial score (nSPS) is 15.3. The molecule has 1 aromatic carbocycles. The number of thioether (sulfide) groups is 1. The molecule has 0 aliphatic carbocycles. The number of rotatable bonds is 5. The van der Waals surface area contributed by atoms with Crippen LogP contribution in [0.1, 0.15) is 5.56 Å². The van der Waals surface area contributed by atoms with E-state index in [9.17, 15) is 14.4 Å². The summed E-state index contributed by atoms with van der Waals surface area (Å²) in [5.74, 6) is -0.389. The number of anilines is 1. The van der Waals surface area contributed by atoms with Gasteiger partial charge in [0, 0.05) is 21.6 Å². The van der Waals surface area contributed by atoms with Crippen LogP contribution in [-0.2, 0) is 9.59 Å². The molecule has 3 rings (SSSR count). The summed E-state index contributed by atoms with van der Waals surface area (Å²) in [6, 6.07) is 5.16. The third-order valence-electron chi connectivity index (χ3n) is 2.94. The van der Waals surface area contributed by atoms with E-state index in [1.807, 2.05) is 0 Å². The fourth-order valence-corrected chi connectivity index (χ4v) is 3.51. The van der Waals surface area contributed by atoms with E-state index in [0.717, 1.165) is 16.2 Å². The van der Waals surface area contributed by atoms with E-state index in [2.05, 4.69) is 31.5 Å². The molecule has 1 saturated heterocycles. The van der Waals surface area contributed by atoms with Crippen molar-refractivity contribution < 1.29 is 19.1 Å². The zero-order valence-corrected chi connectivity index (χ0v) is 15.7. The number of hydrogen-bond donors (Lipinski definition) is 2. The Hall–Kier alpha value is -2.17. The molecular weight excluding hydrogens is 430 g/mol. The molecule has 2 heterocycles. The SMILES string of the molecule is O=C(COc1ccc(Br)cc1/C=C1\SC(=O)NC1=O)Nc1nccs1. The van der Waals surface area contributed by atoms with Gasteiger partial charge in [0.1, 0.15) is 5.75 Å². The molecule has 0 bridgehead atoms. The van der Waals surface area contributed by atoms with Crippen LogP contribution >= 0.6 is 39.0 Å². The number of hydrogen-bond acceptors (Lipinski definition) is 7. The highest BCUT2D eigenvalue weighted by molar-refractivity contribution is 9.10. The van der Waals surface area contributed by atoms with Crippen molar-refractivity contribution in [2.24, 2.45) is 0 Å². The van der Waals surface area contributed by atoms with Gasteiger partial charge in [-0.3, -0.25) is 25.0 Å². The smallest absolute Gasteiger partial charge is 0.290 e. The average Bonchev–Trinajstić information content (AvgIpc) is 3.16. The van der Waals surface area contributed by atoms with Crippen LogP contribution in [0.3, 0.4) is 0 Å². The predicted molar refractivity (Wildman–Crippen MR) is 99.5 cm³/mol. The molecular formula is C15H10BrN3O4S2. The molecule has 0 atom stereocenters. The Morgan fingerprint density at radius 2 is 2.24 bits per heavy atom. The summed E-state index contributed by atoms with van der Waals surface area (Å²) in [6.45, 7) is -0.213. The highest BCUT2D eigenvalue weighted by Gasteiger charge is 2.25. The lowest BCUT2D eigenvalue weighted by atomic mass is 10.2. The lowest BCUT2D eigenvalue weighted by molar-refractivity contribution is -0.118. The molecule has 7 nitrogen and oxygen atoms in total. The van der Waals surface area contributed by atoms with Gasteiger partial charge < -0.3 is 4.74 Å². The fraction of sp³-hybridized carbons (Fsp3) is 0.0667. The van der Waals surface area contributed by atoms with E-state index in [1.165, 1.54) is 11.3 Å². The number of imide groups is 1. The first-order valence-corrected chi connectivity index (χ1v) is 9.37. The number of carbonyl (C=O) groups is 3. The standard InChI is InChI=1S/C15H10BrN3O4S2/c16-9-1-2-10(23-7-12(20)18-14-17-3-4-24-14)8(5-9)6-11-13(21)19-15(22)25-11/h1-6H,7H2,(H,17,18,20)(H,19,21,22)/b11-6-. The maximum absolute atomic E-state index is 11.9. The van der Waals surface area contributed by atoms with Gasteiger partial charge in [0.2, 0.25) is 0 Å². The molecule has 1 aliphatic heterocycles. The summed E-state index contributed by atoms with van der Waals surface area (Å²) in [4.78, 5) is 39.1. The van der Waals surface area contributed by atoms with Gasteiger partial charge in [0.05, 0.1) is 4.91 Å². The van der Waals surface area contributed by atoms with Crippen LogP contribution in [0.4, 0.5) is 9.93 Å². The summed E-state index contributed by atoms with van der Waals surface area (Å²) in [6.07, 6.45) is 3.13. The first-order chi connectivity index (χ1) is 12.0. The molecule has 0 radical (unpaired) electrons. The second-order valence-electron chi connectivity index (χ2n) is 4.71. The molecule has 2 aromatic rings. The van der Waals surface area contributed by atoms with Crippen molar-refractivity contribution in [2.75, 3.05) is 11.9 Å². The number of aromatic nitrogens is 1. The first-order valence-electron chi connectivity index (χ1n) is 6.88. The first kappa shape index (κ1) is 17.6. The van der Waals surface area contributed by atoms with Crippen molar-refractivity contribution in [1.82, 2.24) is 10.3 Å². The molecule has 1 aromatic heterocycles. The van der Waals surface area contributed by atoms with Crippen molar-refractivity contribution >= 4 is 67.3 Å². The Morgan fingerprint density at radius 1 is 1.40 bits per heavy atom. The van der Waals surface area contributed by atoms with Gasteiger partial charge in [-0.25, -0.2) is 4.98 Å². The maximum atomic E-state index is 11.9. The fourth-order valence-electron chi connectivity index (χ4n) is 1.91. The zero-order valence-electron chi connectivity index (χ0n) is 12.4. The Morgan fingerprint density at radius 3 is 2.92 bits per heavy atom. The van der Waals surface area contributed by atoms with Gasteiger partial charge in [-0.1, -0.05) is 15.9 Å². The van der Waals surface area contributed by atoms with Crippen LogP contribution in [0.15, 0.2) is 39.2 Å². The van der Waals surface area contributed by atoms with Gasteiger partial charge in [-0.15, -0.1) is 11.3 Å². The largest absolute Gasteiger partial charge is 0.483 e. The van der Waals surface area contributed by atoms with Crippen molar-refractivity contribution in [3.8, 4) is 5.75 Å². The van der Waals surface area contributed by atoms with Crippen LogP contribution in [0.25, 0.3) is 6.08 Å². The van der Waals surface area contributed by atoms with Gasteiger partial charge >= 0.3 is 0 Å². The molecule has 0 saturated carbocycles. The number of ether oxygens (including phenoxy) is 1. The van der Waals surface area contributed by atoms with Gasteiger partial charge in [-0.05, 0) is 36.0 Å². The molecule has 3 amide bonds. The summed E-state index contributed by atoms with van der Waals surface area (Å²) in [7, 11) is 0. The zero-order chi connectivity index (χ0) is 17.8. The number of thiazole rings is 1. The Balaban J connectivity index is 1.73. The topological polar surface area (TPSA) is 97.4 Å². The number of carbonyl (C=O) groups excluding carboxylic acids is 3. The van der Waals surface area contributed by atoms with Gasteiger partial charge in [0.25, 0.3) is 17.1 Å². The number of nitrogens with one attached hydrogen (secondary N) is 2. The van der Waals surface area contributed by atoms with Crippen molar-refractivity contribution in [3.63, 3.8) is 0 Å². The third kappa shape index (κ3) is 4.68. The lowest BCUT2D eigenvalue weighted by Crippen LogP contribution is -2.20. The van der Waals surface area contributed by atoms with Crippen molar-refractivity contribution in [1.29, 1.82) is 0 Å². The number of benzene rings is 1. The molecule has 1 fully saturated rings. The number of amides is 3. The quantitative estimate of drug-likeness (QED) is 0.693. The molecule has 1 aliphatic rings. The summed E-state index contributed by atoms with van der Waals surface area (Å²) in [5.41, 5.74) is 0.573. The Bertz CT molecular complexity index is 868.